The molecule has 0 spiro atoms. The van der Waals surface area contributed by atoms with E-state index in [0.717, 1.165) is 19.5 Å². The van der Waals surface area contributed by atoms with Crippen LogP contribution < -0.4 is 0 Å². The Morgan fingerprint density at radius 1 is 1.00 bits per heavy atom. The fourth-order valence-corrected chi connectivity index (χ4v) is 3.59. The van der Waals surface area contributed by atoms with E-state index in [9.17, 15) is 9.90 Å². The van der Waals surface area contributed by atoms with Gasteiger partial charge in [0.2, 0.25) is 0 Å². The maximum Gasteiger partial charge on any atom is 0.302 e. The zero-order valence-corrected chi connectivity index (χ0v) is 14.5. The fourth-order valence-electron chi connectivity index (χ4n) is 3.59. The molecule has 1 aliphatic carbocycles. The van der Waals surface area contributed by atoms with Gasteiger partial charge in [-0.05, 0) is 24.0 Å². The van der Waals surface area contributed by atoms with E-state index < -0.39 is 12.2 Å². The lowest BCUT2D eigenvalue weighted by atomic mass is 10.1. The molecule has 1 N–H and O–H groups in total. The number of rotatable bonds is 6. The Morgan fingerprint density at radius 3 is 2.00 bits per heavy atom. The predicted octanol–water partition coefficient (Wildman–Crippen LogP) is 3.14. The number of carbonyl (C=O) groups is 1. The van der Waals surface area contributed by atoms with Crippen molar-refractivity contribution < 1.29 is 14.6 Å². The summed E-state index contributed by atoms with van der Waals surface area (Å²) in [5, 5.41) is 10.7. The van der Waals surface area contributed by atoms with Gasteiger partial charge in [-0.25, -0.2) is 0 Å². The van der Waals surface area contributed by atoms with Crippen molar-refractivity contribution in [2.75, 3.05) is 0 Å². The Bertz CT molecular complexity index is 633. The van der Waals surface area contributed by atoms with Gasteiger partial charge in [-0.1, -0.05) is 60.7 Å². The monoisotopic (exact) mass is 339 g/mol. The lowest BCUT2D eigenvalue weighted by molar-refractivity contribution is -0.151. The van der Waals surface area contributed by atoms with Crippen molar-refractivity contribution in [3.8, 4) is 0 Å². The van der Waals surface area contributed by atoms with Crippen molar-refractivity contribution >= 4 is 5.97 Å². The van der Waals surface area contributed by atoms with Crippen molar-refractivity contribution in [2.24, 2.45) is 0 Å². The molecule has 2 aromatic rings. The third kappa shape index (κ3) is 4.68. The van der Waals surface area contributed by atoms with Crippen LogP contribution in [0.5, 0.6) is 0 Å². The Morgan fingerprint density at radius 2 is 1.52 bits per heavy atom. The molecule has 1 aliphatic rings. The third-order valence-electron chi connectivity index (χ3n) is 4.77. The Balaban J connectivity index is 1.77. The van der Waals surface area contributed by atoms with Gasteiger partial charge in [-0.15, -0.1) is 0 Å². The van der Waals surface area contributed by atoms with E-state index >= 15 is 0 Å². The van der Waals surface area contributed by atoms with Crippen molar-refractivity contribution in [2.45, 2.75) is 51.1 Å². The summed E-state index contributed by atoms with van der Waals surface area (Å²) < 4.78 is 5.29. The first kappa shape index (κ1) is 17.6. The van der Waals surface area contributed by atoms with Gasteiger partial charge < -0.3 is 9.84 Å². The molecule has 4 nitrogen and oxygen atoms in total. The van der Waals surface area contributed by atoms with E-state index in [-0.39, 0.29) is 12.0 Å². The number of hydrogen-bond acceptors (Lipinski definition) is 4. The first-order valence-corrected chi connectivity index (χ1v) is 8.80. The summed E-state index contributed by atoms with van der Waals surface area (Å²) in [6.45, 7) is 2.90. The number of aliphatic hydroxyl groups excluding tert-OH is 1. The molecular formula is C21H25NO3. The second-order valence-corrected chi connectivity index (χ2v) is 6.66. The Labute approximate surface area is 149 Å². The number of benzene rings is 2. The van der Waals surface area contributed by atoms with Crippen LogP contribution in [-0.4, -0.2) is 34.2 Å². The number of ether oxygens (including phenoxy) is 1. The van der Waals surface area contributed by atoms with Crippen LogP contribution in [0.25, 0.3) is 0 Å². The Kier molecular flexibility index (Phi) is 5.84. The maximum atomic E-state index is 11.3. The van der Waals surface area contributed by atoms with E-state index in [1.807, 2.05) is 36.4 Å². The highest BCUT2D eigenvalue weighted by atomic mass is 16.6. The minimum absolute atomic E-state index is 0.0234. The number of nitrogens with zero attached hydrogens (tertiary/aromatic N) is 1. The highest BCUT2D eigenvalue weighted by molar-refractivity contribution is 5.66. The minimum Gasteiger partial charge on any atom is -0.460 e. The third-order valence-corrected chi connectivity index (χ3v) is 4.77. The van der Waals surface area contributed by atoms with Gasteiger partial charge in [0.25, 0.3) is 0 Å². The molecule has 0 heterocycles. The molecule has 0 unspecified atom stereocenters. The van der Waals surface area contributed by atoms with Crippen molar-refractivity contribution in [3.63, 3.8) is 0 Å². The largest absolute Gasteiger partial charge is 0.460 e. The van der Waals surface area contributed by atoms with E-state index in [1.165, 1.54) is 18.1 Å². The van der Waals surface area contributed by atoms with Crippen molar-refractivity contribution in [3.05, 3.63) is 71.8 Å². The van der Waals surface area contributed by atoms with Crippen LogP contribution in [0.4, 0.5) is 0 Å². The molecule has 132 valence electrons. The lowest BCUT2D eigenvalue weighted by Crippen LogP contribution is -2.43. The topological polar surface area (TPSA) is 49.8 Å². The maximum absolute atomic E-state index is 11.3. The minimum atomic E-state index is -0.656. The van der Waals surface area contributed by atoms with Crippen LogP contribution in [-0.2, 0) is 22.6 Å². The standard InChI is InChI=1S/C21H25NO3/c1-16(23)25-20-13-12-19(21(20)24)22(14-17-8-4-2-5-9-17)15-18-10-6-3-7-11-18/h2-11,19-21,24H,12-15H2,1H3/t19-,20-,21+/m1/s1. The van der Waals surface area contributed by atoms with E-state index in [0.29, 0.717) is 6.42 Å². The molecule has 0 aliphatic heterocycles. The first-order valence-electron chi connectivity index (χ1n) is 8.80. The lowest BCUT2D eigenvalue weighted by Gasteiger charge is -2.32. The molecule has 0 saturated heterocycles. The molecule has 3 rings (SSSR count). The van der Waals surface area contributed by atoms with Gasteiger partial charge in [0.1, 0.15) is 12.2 Å². The molecule has 1 fully saturated rings. The predicted molar refractivity (Wildman–Crippen MR) is 96.7 cm³/mol. The highest BCUT2D eigenvalue weighted by Crippen LogP contribution is 2.29. The molecule has 0 radical (unpaired) electrons. The first-order chi connectivity index (χ1) is 12.1. The zero-order chi connectivity index (χ0) is 17.6. The summed E-state index contributed by atoms with van der Waals surface area (Å²) in [4.78, 5) is 13.5. The number of esters is 1. The summed E-state index contributed by atoms with van der Waals surface area (Å²) in [6, 6.07) is 20.5. The molecule has 1 saturated carbocycles. The summed E-state index contributed by atoms with van der Waals surface area (Å²) in [5.41, 5.74) is 2.42. The molecule has 2 aromatic carbocycles. The van der Waals surface area contributed by atoms with Gasteiger partial charge in [0, 0.05) is 26.1 Å². The SMILES string of the molecule is CC(=O)O[C@@H]1CC[C@@H](N(Cc2ccccc2)Cc2ccccc2)[C@@H]1O. The second kappa shape index (κ2) is 8.28. The van der Waals surface area contributed by atoms with Crippen molar-refractivity contribution in [1.29, 1.82) is 0 Å². The average Bonchev–Trinajstić information content (AvgIpc) is 2.96. The number of hydrogen-bond donors (Lipinski definition) is 1. The summed E-state index contributed by atoms with van der Waals surface area (Å²) in [5.74, 6) is -0.331. The normalized spacial score (nSPS) is 22.9. The molecule has 0 amide bonds. The molecule has 0 aromatic heterocycles. The molecule has 0 bridgehead atoms. The van der Waals surface area contributed by atoms with Crippen LogP contribution in [0.3, 0.4) is 0 Å². The van der Waals surface area contributed by atoms with Crippen molar-refractivity contribution in [1.82, 2.24) is 4.90 Å². The summed E-state index contributed by atoms with van der Waals surface area (Å²) in [6.07, 6.45) is 0.456. The van der Waals surface area contributed by atoms with E-state index in [2.05, 4.69) is 29.2 Å². The van der Waals surface area contributed by atoms with Crippen LogP contribution in [0.2, 0.25) is 0 Å². The Hall–Kier alpha value is -2.17. The molecule has 3 atom stereocenters. The second-order valence-electron chi connectivity index (χ2n) is 6.66. The van der Waals surface area contributed by atoms with Gasteiger partial charge in [0.15, 0.2) is 0 Å². The molecule has 4 heteroatoms. The van der Waals surface area contributed by atoms with Crippen LogP contribution in [0.1, 0.15) is 30.9 Å². The van der Waals surface area contributed by atoms with Crippen LogP contribution in [0, 0.1) is 0 Å². The van der Waals surface area contributed by atoms with Gasteiger partial charge >= 0.3 is 5.97 Å². The molecule has 25 heavy (non-hydrogen) atoms. The summed E-state index contributed by atoms with van der Waals surface area (Å²) in [7, 11) is 0. The highest BCUT2D eigenvalue weighted by Gasteiger charge is 2.40. The van der Waals surface area contributed by atoms with Gasteiger partial charge in [-0.2, -0.15) is 0 Å². The van der Waals surface area contributed by atoms with Gasteiger partial charge in [-0.3, -0.25) is 9.69 Å². The van der Waals surface area contributed by atoms with E-state index in [4.69, 9.17) is 4.74 Å². The fraction of sp³-hybridized carbons (Fsp3) is 0.381. The summed E-state index contributed by atoms with van der Waals surface area (Å²) >= 11 is 0. The average molecular weight is 339 g/mol. The zero-order valence-electron chi connectivity index (χ0n) is 14.5. The quantitative estimate of drug-likeness (QED) is 0.822. The number of carbonyl (C=O) groups excluding carboxylic acids is 1. The van der Waals surface area contributed by atoms with E-state index in [1.54, 1.807) is 0 Å². The van der Waals surface area contributed by atoms with Crippen LogP contribution >= 0.6 is 0 Å². The van der Waals surface area contributed by atoms with Gasteiger partial charge in [0.05, 0.1) is 0 Å². The number of aliphatic hydroxyl groups is 1. The molecular weight excluding hydrogens is 314 g/mol. The smallest absolute Gasteiger partial charge is 0.302 e. The van der Waals surface area contributed by atoms with Crippen LogP contribution in [0.15, 0.2) is 60.7 Å².